The first-order chi connectivity index (χ1) is 6.68. The Kier molecular flexibility index (Phi) is 3.22. The third-order valence-electron chi connectivity index (χ3n) is 1.49. The molecule has 2 heterocycles. The molecule has 0 aliphatic carbocycles. The predicted molar refractivity (Wildman–Crippen MR) is 69.6 cm³/mol. The smallest absolute Gasteiger partial charge is 0.235 e. The number of rotatable bonds is 1. The molecule has 0 radical (unpaired) electrons. The van der Waals surface area contributed by atoms with Gasteiger partial charge in [-0.25, -0.2) is 15.0 Å². The van der Waals surface area contributed by atoms with Crippen molar-refractivity contribution in [1.29, 1.82) is 0 Å². The Balaban J connectivity index is 2.49. The van der Waals surface area contributed by atoms with Crippen LogP contribution in [0.15, 0.2) is 18.7 Å². The average molecular weight is 432 g/mol. The number of aromatic nitrogens is 4. The fourth-order valence-corrected chi connectivity index (χ4v) is 1.84. The molecule has 0 bridgehead atoms. The largest absolute Gasteiger partial charge is 0.261 e. The van der Waals surface area contributed by atoms with E-state index in [0.717, 1.165) is 7.40 Å². The molecule has 0 aliphatic rings. The SMILES string of the molecule is Clc1cnc(-n2cnc(I)c2I)nc1. The van der Waals surface area contributed by atoms with Crippen molar-refractivity contribution >= 4 is 56.8 Å². The lowest BCUT2D eigenvalue weighted by atomic mass is 10.6. The van der Waals surface area contributed by atoms with Crippen molar-refractivity contribution in [3.8, 4) is 5.95 Å². The summed E-state index contributed by atoms with van der Waals surface area (Å²) < 4.78 is 3.73. The number of halogens is 3. The van der Waals surface area contributed by atoms with Crippen LogP contribution in [-0.4, -0.2) is 19.5 Å². The normalized spacial score (nSPS) is 10.5. The molecular weight excluding hydrogens is 429 g/mol. The van der Waals surface area contributed by atoms with Gasteiger partial charge in [-0.05, 0) is 45.2 Å². The van der Waals surface area contributed by atoms with E-state index < -0.39 is 0 Å². The molecule has 72 valence electrons. The molecule has 2 aromatic rings. The van der Waals surface area contributed by atoms with E-state index in [4.69, 9.17) is 11.6 Å². The van der Waals surface area contributed by atoms with Crippen LogP contribution in [0.4, 0.5) is 0 Å². The lowest BCUT2D eigenvalue weighted by Crippen LogP contribution is -2.00. The molecule has 0 saturated heterocycles. The van der Waals surface area contributed by atoms with Gasteiger partial charge < -0.3 is 0 Å². The average Bonchev–Trinajstić information content (AvgIpc) is 2.50. The molecule has 7 heteroatoms. The highest BCUT2D eigenvalue weighted by Gasteiger charge is 2.08. The highest BCUT2D eigenvalue weighted by atomic mass is 127. The van der Waals surface area contributed by atoms with Crippen LogP contribution in [0.1, 0.15) is 0 Å². The molecule has 0 saturated carbocycles. The molecule has 0 aliphatic heterocycles. The van der Waals surface area contributed by atoms with Crippen LogP contribution in [0.2, 0.25) is 5.02 Å². The van der Waals surface area contributed by atoms with Gasteiger partial charge in [0, 0.05) is 0 Å². The van der Waals surface area contributed by atoms with Crippen LogP contribution >= 0.6 is 56.8 Å². The summed E-state index contributed by atoms with van der Waals surface area (Å²) in [7, 11) is 0. The van der Waals surface area contributed by atoms with E-state index in [-0.39, 0.29) is 0 Å². The zero-order chi connectivity index (χ0) is 10.1. The molecule has 0 aromatic carbocycles. The first kappa shape index (κ1) is 10.6. The summed E-state index contributed by atoms with van der Waals surface area (Å²) in [6.07, 6.45) is 4.81. The van der Waals surface area contributed by atoms with Gasteiger partial charge in [0.1, 0.15) is 13.7 Å². The second-order valence-corrected chi connectivity index (χ2v) is 4.88. The summed E-state index contributed by atoms with van der Waals surface area (Å²) in [6, 6.07) is 0. The maximum atomic E-state index is 5.69. The fourth-order valence-electron chi connectivity index (χ4n) is 0.881. The maximum absolute atomic E-state index is 5.69. The Morgan fingerprint density at radius 2 is 1.79 bits per heavy atom. The van der Waals surface area contributed by atoms with Gasteiger partial charge in [-0.15, -0.1) is 0 Å². The molecule has 2 rings (SSSR count). The van der Waals surface area contributed by atoms with E-state index >= 15 is 0 Å². The van der Waals surface area contributed by atoms with Gasteiger partial charge in [0.25, 0.3) is 0 Å². The topological polar surface area (TPSA) is 43.6 Å². The van der Waals surface area contributed by atoms with Crippen molar-refractivity contribution in [2.24, 2.45) is 0 Å². The minimum Gasteiger partial charge on any atom is -0.261 e. The summed E-state index contributed by atoms with van der Waals surface area (Å²) in [6.45, 7) is 0. The van der Waals surface area contributed by atoms with Crippen LogP contribution in [-0.2, 0) is 0 Å². The van der Waals surface area contributed by atoms with Crippen molar-refractivity contribution in [2.75, 3.05) is 0 Å². The molecule has 4 nitrogen and oxygen atoms in total. The summed E-state index contributed by atoms with van der Waals surface area (Å²) in [5.74, 6) is 0.578. The second-order valence-electron chi connectivity index (χ2n) is 2.40. The maximum Gasteiger partial charge on any atom is 0.235 e. The van der Waals surface area contributed by atoms with E-state index in [1.807, 2.05) is 0 Å². The monoisotopic (exact) mass is 432 g/mol. The summed E-state index contributed by atoms with van der Waals surface area (Å²) >= 11 is 10.0. The fraction of sp³-hybridized carbons (Fsp3) is 0. The zero-order valence-electron chi connectivity index (χ0n) is 6.65. The van der Waals surface area contributed by atoms with Gasteiger partial charge in [-0.1, -0.05) is 11.6 Å². The molecule has 0 spiro atoms. The summed E-state index contributed by atoms with van der Waals surface area (Å²) in [5, 5.41) is 0.526. The van der Waals surface area contributed by atoms with Gasteiger partial charge in [0.15, 0.2) is 0 Å². The third kappa shape index (κ3) is 2.01. The van der Waals surface area contributed by atoms with Crippen LogP contribution in [0, 0.1) is 7.40 Å². The molecule has 0 atom stereocenters. The first-order valence-corrected chi connectivity index (χ1v) is 6.08. The Labute approximate surface area is 112 Å². The standard InChI is InChI=1S/C7H3ClI2N4/c8-4-1-11-7(12-2-4)14-3-13-5(9)6(14)10/h1-3H. The van der Waals surface area contributed by atoms with Crippen molar-refractivity contribution in [3.63, 3.8) is 0 Å². The molecule has 0 unspecified atom stereocenters. The zero-order valence-corrected chi connectivity index (χ0v) is 11.7. The van der Waals surface area contributed by atoms with Gasteiger partial charge in [-0.3, -0.25) is 4.57 Å². The molecule has 0 N–H and O–H groups in total. The summed E-state index contributed by atoms with van der Waals surface area (Å²) in [4.78, 5) is 12.3. The molecule has 2 aromatic heterocycles. The van der Waals surface area contributed by atoms with Gasteiger partial charge >= 0.3 is 0 Å². The predicted octanol–water partition coefficient (Wildman–Crippen LogP) is 2.52. The highest BCUT2D eigenvalue weighted by molar-refractivity contribution is 14.1. The quantitative estimate of drug-likeness (QED) is 0.651. The van der Waals surface area contributed by atoms with Gasteiger partial charge in [0.2, 0.25) is 5.95 Å². The van der Waals surface area contributed by atoms with Crippen LogP contribution in [0.25, 0.3) is 5.95 Å². The van der Waals surface area contributed by atoms with Crippen LogP contribution in [0.5, 0.6) is 0 Å². The Morgan fingerprint density at radius 1 is 1.14 bits per heavy atom. The van der Waals surface area contributed by atoms with E-state index in [9.17, 15) is 0 Å². The van der Waals surface area contributed by atoms with Crippen molar-refractivity contribution < 1.29 is 0 Å². The minimum atomic E-state index is 0.526. The summed E-state index contributed by atoms with van der Waals surface area (Å²) in [5.41, 5.74) is 0. The number of hydrogen-bond donors (Lipinski definition) is 0. The Morgan fingerprint density at radius 3 is 2.29 bits per heavy atom. The van der Waals surface area contributed by atoms with Crippen molar-refractivity contribution in [2.45, 2.75) is 0 Å². The van der Waals surface area contributed by atoms with Crippen LogP contribution in [0.3, 0.4) is 0 Å². The lowest BCUT2D eigenvalue weighted by Gasteiger charge is -2.00. The third-order valence-corrected chi connectivity index (χ3v) is 4.54. The second kappa shape index (κ2) is 4.27. The van der Waals surface area contributed by atoms with E-state index in [0.29, 0.717) is 11.0 Å². The number of hydrogen-bond acceptors (Lipinski definition) is 3. The van der Waals surface area contributed by atoms with Crippen molar-refractivity contribution in [3.05, 3.63) is 31.1 Å². The molecule has 0 fully saturated rings. The molecular formula is C7H3ClI2N4. The Bertz CT molecular complexity index is 453. The molecule has 0 amide bonds. The lowest BCUT2D eigenvalue weighted by molar-refractivity contribution is 0.907. The van der Waals surface area contributed by atoms with Gasteiger partial charge in [0.05, 0.1) is 17.4 Å². The first-order valence-electron chi connectivity index (χ1n) is 3.55. The van der Waals surface area contributed by atoms with Crippen molar-refractivity contribution in [1.82, 2.24) is 19.5 Å². The Hall–Kier alpha value is 0.0400. The molecule has 14 heavy (non-hydrogen) atoms. The van der Waals surface area contributed by atoms with Gasteiger partial charge in [-0.2, -0.15) is 0 Å². The minimum absolute atomic E-state index is 0.526. The number of imidazole rings is 1. The van der Waals surface area contributed by atoms with E-state index in [1.165, 1.54) is 0 Å². The highest BCUT2D eigenvalue weighted by Crippen LogP contribution is 2.16. The van der Waals surface area contributed by atoms with Crippen LogP contribution < -0.4 is 0 Å². The van der Waals surface area contributed by atoms with E-state index in [1.54, 1.807) is 23.3 Å². The van der Waals surface area contributed by atoms with E-state index in [2.05, 4.69) is 60.1 Å². The number of nitrogens with zero attached hydrogens (tertiary/aromatic N) is 4.